The molecule has 0 saturated carbocycles. The molecule has 0 radical (unpaired) electrons. The van der Waals surface area contributed by atoms with E-state index in [0.29, 0.717) is 5.69 Å². The lowest BCUT2D eigenvalue weighted by molar-refractivity contribution is -0.385. The highest BCUT2D eigenvalue weighted by atomic mass is 35.5. The summed E-state index contributed by atoms with van der Waals surface area (Å²) in [4.78, 5) is 36.3. The highest BCUT2D eigenvalue weighted by Gasteiger charge is 2.27. The maximum atomic E-state index is 12.4. The number of benzene rings is 2. The lowest BCUT2D eigenvalue weighted by atomic mass is 10.2. The van der Waals surface area contributed by atoms with E-state index in [4.69, 9.17) is 16.3 Å². The molecular weight excluding hydrogens is 348 g/mol. The Morgan fingerprint density at radius 1 is 1.20 bits per heavy atom. The molecule has 0 heterocycles. The van der Waals surface area contributed by atoms with E-state index in [1.54, 1.807) is 31.3 Å². The number of nitro benzene ring substituents is 1. The summed E-state index contributed by atoms with van der Waals surface area (Å²) in [6, 6.07) is 12.4. The molecule has 0 aliphatic carbocycles. The van der Waals surface area contributed by atoms with Crippen molar-refractivity contribution in [2.24, 2.45) is 0 Å². The lowest BCUT2D eigenvalue weighted by Gasteiger charge is -2.21. The smallest absolute Gasteiger partial charge is 0.345 e. The summed E-state index contributed by atoms with van der Waals surface area (Å²) in [5.74, 6) is -1.43. The predicted molar refractivity (Wildman–Crippen MR) is 92.8 cm³/mol. The quantitative estimate of drug-likeness (QED) is 0.461. The second-order valence-electron chi connectivity index (χ2n) is 5.20. The van der Waals surface area contributed by atoms with Crippen LogP contribution in [-0.4, -0.2) is 30.0 Å². The number of likely N-dealkylation sites (N-methyl/N-ethyl adjacent to an activating group) is 1. The SMILES string of the molecule is CC(OC(=O)c1ccc(Cl)cc1[N+](=O)[O-])C(=O)N(C)c1ccccc1. The van der Waals surface area contributed by atoms with Gasteiger partial charge in [-0.1, -0.05) is 29.8 Å². The Labute approximate surface area is 148 Å². The number of rotatable bonds is 5. The minimum absolute atomic E-state index is 0.121. The Balaban J connectivity index is 2.15. The zero-order chi connectivity index (χ0) is 18.6. The number of para-hydroxylation sites is 1. The highest BCUT2D eigenvalue weighted by molar-refractivity contribution is 6.31. The molecule has 2 aromatic carbocycles. The first-order valence-electron chi connectivity index (χ1n) is 7.28. The van der Waals surface area contributed by atoms with Crippen LogP contribution < -0.4 is 4.90 Å². The Morgan fingerprint density at radius 3 is 2.44 bits per heavy atom. The number of carbonyl (C=O) groups is 2. The number of ether oxygens (including phenoxy) is 1. The maximum absolute atomic E-state index is 12.4. The predicted octanol–water partition coefficient (Wildman–Crippen LogP) is 3.46. The first kappa shape index (κ1) is 18.4. The van der Waals surface area contributed by atoms with Crippen molar-refractivity contribution in [3.8, 4) is 0 Å². The van der Waals surface area contributed by atoms with E-state index in [0.717, 1.165) is 6.07 Å². The van der Waals surface area contributed by atoms with Crippen LogP contribution in [-0.2, 0) is 9.53 Å². The molecule has 7 nitrogen and oxygen atoms in total. The van der Waals surface area contributed by atoms with Crippen LogP contribution in [0.5, 0.6) is 0 Å². The van der Waals surface area contributed by atoms with Gasteiger partial charge in [0.05, 0.1) is 4.92 Å². The minimum atomic E-state index is -1.12. The van der Waals surface area contributed by atoms with E-state index in [2.05, 4.69) is 0 Å². The van der Waals surface area contributed by atoms with Crippen molar-refractivity contribution >= 4 is 34.9 Å². The summed E-state index contributed by atoms with van der Waals surface area (Å²) in [7, 11) is 1.55. The van der Waals surface area contributed by atoms with Gasteiger partial charge >= 0.3 is 5.97 Å². The minimum Gasteiger partial charge on any atom is -0.449 e. The van der Waals surface area contributed by atoms with Crippen molar-refractivity contribution in [3.05, 3.63) is 69.2 Å². The number of halogens is 1. The molecule has 1 atom stereocenters. The number of nitro groups is 1. The lowest BCUT2D eigenvalue weighted by Crippen LogP contribution is -2.37. The number of hydrogen-bond acceptors (Lipinski definition) is 5. The molecule has 0 N–H and O–H groups in total. The first-order chi connectivity index (χ1) is 11.8. The fourth-order valence-electron chi connectivity index (χ4n) is 2.15. The van der Waals surface area contributed by atoms with Gasteiger partial charge in [0.2, 0.25) is 0 Å². The van der Waals surface area contributed by atoms with Gasteiger partial charge in [-0.05, 0) is 31.2 Å². The largest absolute Gasteiger partial charge is 0.449 e. The summed E-state index contributed by atoms with van der Waals surface area (Å²) in [5, 5.41) is 11.2. The van der Waals surface area contributed by atoms with Crippen LogP contribution in [0.15, 0.2) is 48.5 Å². The molecule has 0 aliphatic heterocycles. The van der Waals surface area contributed by atoms with Gasteiger partial charge in [0.15, 0.2) is 6.10 Å². The van der Waals surface area contributed by atoms with Gasteiger partial charge < -0.3 is 9.64 Å². The molecule has 2 rings (SSSR count). The van der Waals surface area contributed by atoms with Crippen molar-refractivity contribution in [1.29, 1.82) is 0 Å². The number of nitrogens with zero attached hydrogens (tertiary/aromatic N) is 2. The van der Waals surface area contributed by atoms with Crippen LogP contribution in [0, 0.1) is 10.1 Å². The normalized spacial score (nSPS) is 11.5. The van der Waals surface area contributed by atoms with Crippen LogP contribution in [0.25, 0.3) is 0 Å². The van der Waals surface area contributed by atoms with Gasteiger partial charge in [0.25, 0.3) is 11.6 Å². The van der Waals surface area contributed by atoms with Crippen molar-refractivity contribution in [2.75, 3.05) is 11.9 Å². The van der Waals surface area contributed by atoms with Gasteiger partial charge in [-0.2, -0.15) is 0 Å². The van der Waals surface area contributed by atoms with Gasteiger partial charge in [0.1, 0.15) is 5.56 Å². The third-order valence-electron chi connectivity index (χ3n) is 3.48. The zero-order valence-corrected chi connectivity index (χ0v) is 14.3. The van der Waals surface area contributed by atoms with Crippen LogP contribution in [0.4, 0.5) is 11.4 Å². The molecule has 1 unspecified atom stereocenters. The average Bonchev–Trinajstić information content (AvgIpc) is 2.60. The van der Waals surface area contributed by atoms with E-state index < -0.39 is 28.6 Å². The van der Waals surface area contributed by atoms with E-state index in [9.17, 15) is 19.7 Å². The standard InChI is InChI=1S/C17H15ClN2O5/c1-11(16(21)19(2)13-6-4-3-5-7-13)25-17(22)14-9-8-12(18)10-15(14)20(23)24/h3-11H,1-2H3. The Hall–Kier alpha value is -2.93. The molecule has 2 aromatic rings. The molecular formula is C17H15ClN2O5. The van der Waals surface area contributed by atoms with E-state index in [1.807, 2.05) is 6.07 Å². The number of hydrogen-bond donors (Lipinski definition) is 0. The molecule has 0 aromatic heterocycles. The topological polar surface area (TPSA) is 89.7 Å². The summed E-state index contributed by atoms with van der Waals surface area (Å²) in [6.45, 7) is 1.40. The van der Waals surface area contributed by atoms with Crippen LogP contribution in [0.3, 0.4) is 0 Å². The maximum Gasteiger partial charge on any atom is 0.345 e. The van der Waals surface area contributed by atoms with Crippen LogP contribution in [0.1, 0.15) is 17.3 Å². The second-order valence-corrected chi connectivity index (χ2v) is 5.64. The molecule has 0 fully saturated rings. The number of carbonyl (C=O) groups excluding carboxylic acids is 2. The Bertz CT molecular complexity index is 810. The van der Waals surface area contributed by atoms with Crippen molar-refractivity contribution < 1.29 is 19.2 Å². The summed E-state index contributed by atoms with van der Waals surface area (Å²) < 4.78 is 5.09. The van der Waals surface area contributed by atoms with Crippen molar-refractivity contribution in [1.82, 2.24) is 0 Å². The number of anilines is 1. The van der Waals surface area contributed by atoms with Crippen LogP contribution >= 0.6 is 11.6 Å². The first-order valence-corrected chi connectivity index (χ1v) is 7.66. The Kier molecular flexibility index (Phi) is 5.71. The average molecular weight is 363 g/mol. The molecule has 0 aliphatic rings. The zero-order valence-electron chi connectivity index (χ0n) is 13.5. The summed E-state index contributed by atoms with van der Waals surface area (Å²) in [6.07, 6.45) is -1.12. The van der Waals surface area contributed by atoms with E-state index in [1.165, 1.54) is 24.0 Å². The molecule has 0 bridgehead atoms. The summed E-state index contributed by atoms with van der Waals surface area (Å²) in [5.41, 5.74) is -0.113. The summed E-state index contributed by atoms with van der Waals surface area (Å²) >= 11 is 5.71. The molecule has 1 amide bonds. The fraction of sp³-hybridized carbons (Fsp3) is 0.176. The number of esters is 1. The van der Waals surface area contributed by atoms with Crippen molar-refractivity contribution in [3.63, 3.8) is 0 Å². The third kappa shape index (κ3) is 4.33. The van der Waals surface area contributed by atoms with Crippen molar-refractivity contribution in [2.45, 2.75) is 13.0 Å². The molecule has 8 heteroatoms. The van der Waals surface area contributed by atoms with Gasteiger partial charge in [-0.3, -0.25) is 14.9 Å². The number of amides is 1. The molecule has 0 spiro atoms. The van der Waals surface area contributed by atoms with Gasteiger partial charge in [-0.25, -0.2) is 4.79 Å². The molecule has 25 heavy (non-hydrogen) atoms. The molecule has 130 valence electrons. The Morgan fingerprint density at radius 2 is 1.84 bits per heavy atom. The second kappa shape index (κ2) is 7.76. The highest BCUT2D eigenvalue weighted by Crippen LogP contribution is 2.24. The van der Waals surface area contributed by atoms with Crippen LogP contribution in [0.2, 0.25) is 5.02 Å². The molecule has 0 saturated heterocycles. The third-order valence-corrected chi connectivity index (χ3v) is 3.72. The van der Waals surface area contributed by atoms with E-state index >= 15 is 0 Å². The van der Waals surface area contributed by atoms with Gasteiger partial charge in [0, 0.05) is 23.8 Å². The van der Waals surface area contributed by atoms with E-state index in [-0.39, 0.29) is 10.6 Å². The monoisotopic (exact) mass is 362 g/mol. The van der Waals surface area contributed by atoms with Gasteiger partial charge in [-0.15, -0.1) is 0 Å². The fourth-order valence-corrected chi connectivity index (χ4v) is 2.32.